The minimum Gasteiger partial charge on any atom is -0.493 e. The van der Waals surface area contributed by atoms with Crippen LogP contribution in [0.15, 0.2) is 40.4 Å². The molecule has 1 aromatic heterocycles. The fraction of sp³-hybridized carbons (Fsp3) is 0.353. The van der Waals surface area contributed by atoms with Crippen molar-refractivity contribution >= 4 is 17.8 Å². The predicted octanol–water partition coefficient (Wildman–Crippen LogP) is 2.40. The minimum absolute atomic E-state index is 0.147. The zero-order valence-corrected chi connectivity index (χ0v) is 14.1. The van der Waals surface area contributed by atoms with E-state index in [1.165, 1.54) is 12.6 Å². The van der Waals surface area contributed by atoms with E-state index in [0.29, 0.717) is 17.9 Å². The monoisotopic (exact) mass is 343 g/mol. The summed E-state index contributed by atoms with van der Waals surface area (Å²) < 4.78 is 5.71. The molecule has 132 valence electrons. The molecule has 8 heteroatoms. The van der Waals surface area contributed by atoms with Crippen molar-refractivity contribution in [2.24, 2.45) is 5.10 Å². The lowest BCUT2D eigenvalue weighted by molar-refractivity contribution is 0.106. The fourth-order valence-electron chi connectivity index (χ4n) is 2.10. The van der Waals surface area contributed by atoms with Gasteiger partial charge in [0.15, 0.2) is 5.82 Å². The van der Waals surface area contributed by atoms with Gasteiger partial charge in [-0.3, -0.25) is 10.2 Å². The number of hydrogen-bond acceptors (Lipinski definition) is 7. The number of carbonyl (C=O) groups is 1. The second kappa shape index (κ2) is 9.96. The lowest BCUT2D eigenvalue weighted by Gasteiger charge is -2.09. The summed E-state index contributed by atoms with van der Waals surface area (Å²) in [6.45, 7) is 2.72. The van der Waals surface area contributed by atoms with Crippen LogP contribution >= 0.6 is 0 Å². The van der Waals surface area contributed by atoms with Gasteiger partial charge in [0.1, 0.15) is 5.75 Å². The number of H-pyrrole nitrogens is 1. The third-order valence-electron chi connectivity index (χ3n) is 3.34. The Bertz CT molecular complexity index is 773. The molecular formula is C17H21N5O3. The molecule has 0 aliphatic carbocycles. The first-order valence-corrected chi connectivity index (χ1v) is 8.17. The van der Waals surface area contributed by atoms with Gasteiger partial charge in [0.05, 0.1) is 24.6 Å². The molecule has 1 aromatic carbocycles. The van der Waals surface area contributed by atoms with E-state index in [0.717, 1.165) is 25.5 Å². The van der Waals surface area contributed by atoms with E-state index in [2.05, 4.69) is 32.6 Å². The maximum absolute atomic E-state index is 12.3. The Labute approximate surface area is 145 Å². The maximum atomic E-state index is 12.3. The molecule has 8 nitrogen and oxygen atoms in total. The summed E-state index contributed by atoms with van der Waals surface area (Å²) in [4.78, 5) is 26.9. The molecule has 0 amide bonds. The number of aromatic nitrogens is 3. The van der Waals surface area contributed by atoms with Gasteiger partial charge < -0.3 is 4.74 Å². The van der Waals surface area contributed by atoms with Crippen molar-refractivity contribution in [3.05, 3.63) is 46.5 Å². The van der Waals surface area contributed by atoms with Crippen molar-refractivity contribution in [1.29, 1.82) is 0 Å². The SMILES string of the molecule is CCCCCCOc1ccccc1C(=O)/C=N/Nc1cn[nH]c(=O)n1. The normalized spacial score (nSPS) is 10.8. The van der Waals surface area contributed by atoms with Gasteiger partial charge >= 0.3 is 5.69 Å². The van der Waals surface area contributed by atoms with Crippen molar-refractivity contribution in [3.8, 4) is 5.75 Å². The van der Waals surface area contributed by atoms with Crippen LogP contribution in [0.5, 0.6) is 5.75 Å². The largest absolute Gasteiger partial charge is 0.493 e. The Morgan fingerprint density at radius 3 is 2.96 bits per heavy atom. The van der Waals surface area contributed by atoms with Crippen molar-refractivity contribution in [3.63, 3.8) is 0 Å². The van der Waals surface area contributed by atoms with E-state index in [1.807, 2.05) is 6.07 Å². The van der Waals surface area contributed by atoms with E-state index in [1.54, 1.807) is 18.2 Å². The topological polar surface area (TPSA) is 109 Å². The number of hydrazone groups is 1. The van der Waals surface area contributed by atoms with Crippen molar-refractivity contribution in [1.82, 2.24) is 15.2 Å². The summed E-state index contributed by atoms with van der Waals surface area (Å²) in [7, 11) is 0. The van der Waals surface area contributed by atoms with Crippen LogP contribution in [0.3, 0.4) is 0 Å². The Balaban J connectivity index is 1.94. The Morgan fingerprint density at radius 2 is 2.16 bits per heavy atom. The Hall–Kier alpha value is -3.03. The molecular weight excluding hydrogens is 322 g/mol. The van der Waals surface area contributed by atoms with E-state index in [4.69, 9.17) is 4.74 Å². The third-order valence-corrected chi connectivity index (χ3v) is 3.34. The average molecular weight is 343 g/mol. The van der Waals surface area contributed by atoms with Crippen molar-refractivity contribution in [2.75, 3.05) is 12.0 Å². The zero-order valence-electron chi connectivity index (χ0n) is 14.1. The highest BCUT2D eigenvalue weighted by molar-refractivity contribution is 6.36. The molecule has 2 aromatic rings. The standard InChI is InChI=1S/C17H21N5O3/c1-2-3-4-7-10-25-15-9-6-5-8-13(15)14(23)11-18-21-16-12-19-22-17(24)20-16/h5-6,8-9,11-12H,2-4,7,10H2,1H3,(H2,20,21,22,24)/b18-11+. The van der Waals surface area contributed by atoms with Gasteiger partial charge in [-0.25, -0.2) is 9.89 Å². The van der Waals surface area contributed by atoms with Crippen LogP contribution in [0.1, 0.15) is 43.0 Å². The number of ketones is 1. The van der Waals surface area contributed by atoms with E-state index < -0.39 is 5.69 Å². The molecule has 0 saturated heterocycles. The van der Waals surface area contributed by atoms with Gasteiger partial charge in [0.25, 0.3) is 0 Å². The molecule has 0 aliphatic heterocycles. The van der Waals surface area contributed by atoms with Crippen LogP contribution in [0, 0.1) is 0 Å². The molecule has 25 heavy (non-hydrogen) atoms. The molecule has 0 spiro atoms. The number of para-hydroxylation sites is 1. The fourth-order valence-corrected chi connectivity index (χ4v) is 2.10. The zero-order chi connectivity index (χ0) is 17.9. The first-order chi connectivity index (χ1) is 12.2. The first-order valence-electron chi connectivity index (χ1n) is 8.17. The van der Waals surface area contributed by atoms with E-state index in [-0.39, 0.29) is 11.6 Å². The highest BCUT2D eigenvalue weighted by Crippen LogP contribution is 2.18. The van der Waals surface area contributed by atoms with Gasteiger partial charge in [-0.1, -0.05) is 38.3 Å². The lowest BCUT2D eigenvalue weighted by atomic mass is 10.1. The molecule has 0 saturated carbocycles. The first kappa shape index (κ1) is 18.3. The molecule has 0 aliphatic rings. The van der Waals surface area contributed by atoms with Gasteiger partial charge in [0, 0.05) is 0 Å². The molecule has 0 bridgehead atoms. The van der Waals surface area contributed by atoms with Gasteiger partial charge in [-0.05, 0) is 18.6 Å². The second-order valence-corrected chi connectivity index (χ2v) is 5.31. The quantitative estimate of drug-likeness (QED) is 0.297. The highest BCUT2D eigenvalue weighted by atomic mass is 16.5. The summed E-state index contributed by atoms with van der Waals surface area (Å²) in [5, 5.41) is 9.50. The summed E-state index contributed by atoms with van der Waals surface area (Å²) >= 11 is 0. The maximum Gasteiger partial charge on any atom is 0.363 e. The second-order valence-electron chi connectivity index (χ2n) is 5.31. The minimum atomic E-state index is -0.603. The third kappa shape index (κ3) is 6.17. The number of nitrogens with zero attached hydrogens (tertiary/aromatic N) is 3. The van der Waals surface area contributed by atoms with Crippen LogP contribution in [-0.2, 0) is 0 Å². The number of carbonyl (C=O) groups excluding carboxylic acids is 1. The van der Waals surface area contributed by atoms with Crippen LogP contribution in [0.4, 0.5) is 5.82 Å². The molecule has 0 atom stereocenters. The lowest BCUT2D eigenvalue weighted by Crippen LogP contribution is -2.13. The van der Waals surface area contributed by atoms with Crippen molar-refractivity contribution in [2.45, 2.75) is 32.6 Å². The number of benzene rings is 1. The van der Waals surface area contributed by atoms with Gasteiger partial charge in [0.2, 0.25) is 5.78 Å². The molecule has 0 radical (unpaired) electrons. The predicted molar refractivity (Wildman–Crippen MR) is 95.2 cm³/mol. The average Bonchev–Trinajstić information content (AvgIpc) is 2.62. The smallest absolute Gasteiger partial charge is 0.363 e. The van der Waals surface area contributed by atoms with E-state index in [9.17, 15) is 9.59 Å². The van der Waals surface area contributed by atoms with E-state index >= 15 is 0 Å². The van der Waals surface area contributed by atoms with Crippen LogP contribution < -0.4 is 15.9 Å². The number of anilines is 1. The van der Waals surface area contributed by atoms with Gasteiger partial charge in [-0.2, -0.15) is 15.2 Å². The molecule has 1 heterocycles. The number of hydrogen-bond donors (Lipinski definition) is 2. The molecule has 0 unspecified atom stereocenters. The highest BCUT2D eigenvalue weighted by Gasteiger charge is 2.10. The Morgan fingerprint density at radius 1 is 1.32 bits per heavy atom. The van der Waals surface area contributed by atoms with Crippen LogP contribution in [0.25, 0.3) is 0 Å². The van der Waals surface area contributed by atoms with Crippen LogP contribution in [-0.4, -0.2) is 33.8 Å². The molecule has 2 rings (SSSR count). The summed E-state index contributed by atoms with van der Waals surface area (Å²) in [5.41, 5.74) is 2.31. The summed E-state index contributed by atoms with van der Waals surface area (Å²) in [6, 6.07) is 7.03. The number of Topliss-reactive ketones (excluding diaryl/α,β-unsaturated/α-hetero) is 1. The summed E-state index contributed by atoms with van der Waals surface area (Å²) in [5.74, 6) is 0.370. The van der Waals surface area contributed by atoms with Crippen molar-refractivity contribution < 1.29 is 9.53 Å². The van der Waals surface area contributed by atoms with Crippen LogP contribution in [0.2, 0.25) is 0 Å². The molecule has 2 N–H and O–H groups in total. The number of ether oxygens (including phenoxy) is 1. The summed E-state index contributed by atoms with van der Waals surface area (Å²) in [6.07, 6.45) is 6.80. The number of rotatable bonds is 10. The number of aromatic amines is 1. The Kier molecular flexibility index (Phi) is 7.30. The molecule has 0 fully saturated rings. The number of nitrogens with one attached hydrogen (secondary N) is 2. The van der Waals surface area contributed by atoms with Gasteiger partial charge in [-0.15, -0.1) is 0 Å². The number of unbranched alkanes of at least 4 members (excludes halogenated alkanes) is 3.